The fraction of sp³-hybridized carbons (Fsp3) is 0.214. The normalized spacial score (nSPS) is 10.7. The molecule has 1 heterocycles. The van der Waals surface area contributed by atoms with E-state index >= 15 is 0 Å². The maximum atomic E-state index is 11.6. The predicted molar refractivity (Wildman–Crippen MR) is 90.0 cm³/mol. The Kier molecular flexibility index (Phi) is 5.91. The number of nitrogens with one attached hydrogen (secondary N) is 1. The molecule has 0 aliphatic rings. The molecule has 1 aromatic heterocycles. The van der Waals surface area contributed by atoms with Crippen molar-refractivity contribution in [2.45, 2.75) is 6.92 Å². The van der Waals surface area contributed by atoms with Gasteiger partial charge in [0.05, 0.1) is 19.9 Å². The average Bonchev–Trinajstić information content (AvgIpc) is 2.89. The van der Waals surface area contributed by atoms with E-state index in [0.717, 1.165) is 11.3 Å². The number of hydrogen-bond donors (Lipinski definition) is 1. The predicted octanol–water partition coefficient (Wildman–Crippen LogP) is 3.54. The van der Waals surface area contributed by atoms with Crippen molar-refractivity contribution in [1.29, 1.82) is 0 Å². The molecule has 0 unspecified atom stereocenters. The molecule has 2 rings (SSSR count). The minimum absolute atomic E-state index is 0.244. The summed E-state index contributed by atoms with van der Waals surface area (Å²) < 4.78 is 10.6. The van der Waals surface area contributed by atoms with Crippen molar-refractivity contribution in [3.8, 4) is 5.75 Å². The van der Waals surface area contributed by atoms with Crippen molar-refractivity contribution < 1.29 is 14.3 Å². The number of methoxy groups -OCH3 is 1. The minimum Gasteiger partial charge on any atom is -0.497 e. The van der Waals surface area contributed by atoms with Crippen molar-refractivity contribution in [3.63, 3.8) is 0 Å². The number of thiazole rings is 1. The zero-order valence-corrected chi connectivity index (χ0v) is 14.4. The molecule has 1 N–H and O–H groups in total. The van der Waals surface area contributed by atoms with Gasteiger partial charge in [-0.15, -0.1) is 0 Å². The molecule has 0 aliphatic carbocycles. The first-order valence-electron chi connectivity index (χ1n) is 6.40. The Balaban J connectivity index is 2.00. The minimum atomic E-state index is -0.460. The number of carbonyl (C=O) groups is 1. The zero-order chi connectivity index (χ0) is 15.9. The SMILES string of the molecule is CCOC(=O)c1nc(N/N=C\c2ccc(OC)cc2)sc1Br. The molecule has 2 aromatic rings. The number of rotatable bonds is 6. The monoisotopic (exact) mass is 383 g/mol. The molecule has 0 atom stereocenters. The van der Waals surface area contributed by atoms with Gasteiger partial charge in [0.25, 0.3) is 0 Å². The van der Waals surface area contributed by atoms with Crippen LogP contribution in [0.15, 0.2) is 33.2 Å². The summed E-state index contributed by atoms with van der Waals surface area (Å²) in [7, 11) is 1.62. The van der Waals surface area contributed by atoms with Gasteiger partial charge >= 0.3 is 5.97 Å². The molecule has 0 fully saturated rings. The first-order chi connectivity index (χ1) is 10.6. The molecule has 6 nitrogen and oxygen atoms in total. The van der Waals surface area contributed by atoms with Crippen LogP contribution in [0.2, 0.25) is 0 Å². The number of anilines is 1. The Morgan fingerprint density at radius 2 is 2.18 bits per heavy atom. The standard InChI is InChI=1S/C14H14BrN3O3S/c1-3-21-13(19)11-12(15)22-14(17-11)18-16-8-9-4-6-10(20-2)7-5-9/h4-8H,3H2,1-2H3,(H,17,18)/b16-8-. The lowest BCUT2D eigenvalue weighted by molar-refractivity contribution is 0.0519. The summed E-state index contributed by atoms with van der Waals surface area (Å²) in [6.07, 6.45) is 1.65. The van der Waals surface area contributed by atoms with Crippen LogP contribution in [0.4, 0.5) is 5.13 Å². The molecule has 116 valence electrons. The number of nitrogens with zero attached hydrogens (tertiary/aromatic N) is 2. The fourth-order valence-corrected chi connectivity index (χ4v) is 2.87. The highest BCUT2D eigenvalue weighted by atomic mass is 79.9. The Bertz CT molecular complexity index is 670. The maximum absolute atomic E-state index is 11.6. The van der Waals surface area contributed by atoms with E-state index in [1.807, 2.05) is 24.3 Å². The van der Waals surface area contributed by atoms with Gasteiger partial charge in [-0.3, -0.25) is 5.43 Å². The van der Waals surface area contributed by atoms with E-state index < -0.39 is 5.97 Å². The number of ether oxygens (including phenoxy) is 2. The van der Waals surface area contributed by atoms with Gasteiger partial charge in [0.2, 0.25) is 5.13 Å². The van der Waals surface area contributed by atoms with Gasteiger partial charge in [0, 0.05) is 0 Å². The maximum Gasteiger partial charge on any atom is 0.359 e. The molecule has 0 spiro atoms. The smallest absolute Gasteiger partial charge is 0.359 e. The van der Waals surface area contributed by atoms with E-state index in [1.165, 1.54) is 11.3 Å². The second-order valence-corrected chi connectivity index (χ2v) is 6.32. The van der Waals surface area contributed by atoms with Crippen LogP contribution < -0.4 is 10.2 Å². The Labute approximate surface area is 140 Å². The molecule has 0 aliphatic heterocycles. The molecular weight excluding hydrogens is 370 g/mol. The van der Waals surface area contributed by atoms with E-state index in [0.29, 0.717) is 15.5 Å². The molecule has 0 saturated heterocycles. The number of benzene rings is 1. The van der Waals surface area contributed by atoms with Crippen molar-refractivity contribution in [2.75, 3.05) is 19.1 Å². The first kappa shape index (κ1) is 16.4. The van der Waals surface area contributed by atoms with Crippen molar-refractivity contribution >= 4 is 44.6 Å². The van der Waals surface area contributed by atoms with Crippen LogP contribution in [0.25, 0.3) is 0 Å². The topological polar surface area (TPSA) is 72.8 Å². The third-order valence-electron chi connectivity index (χ3n) is 2.54. The van der Waals surface area contributed by atoms with Gasteiger partial charge in [-0.25, -0.2) is 9.78 Å². The number of hydrazone groups is 1. The molecule has 0 bridgehead atoms. The lowest BCUT2D eigenvalue weighted by atomic mass is 10.2. The summed E-state index contributed by atoms with van der Waals surface area (Å²) in [5.74, 6) is 0.325. The quantitative estimate of drug-likeness (QED) is 0.469. The van der Waals surface area contributed by atoms with Crippen LogP contribution in [0.5, 0.6) is 5.75 Å². The van der Waals surface area contributed by atoms with E-state index in [9.17, 15) is 4.79 Å². The van der Waals surface area contributed by atoms with Crippen molar-refractivity contribution in [3.05, 3.63) is 39.3 Å². The Morgan fingerprint density at radius 3 is 2.82 bits per heavy atom. The van der Waals surface area contributed by atoms with Crippen LogP contribution in [0.3, 0.4) is 0 Å². The Morgan fingerprint density at radius 1 is 1.45 bits per heavy atom. The highest BCUT2D eigenvalue weighted by molar-refractivity contribution is 9.11. The van der Waals surface area contributed by atoms with E-state index in [1.54, 1.807) is 20.2 Å². The largest absolute Gasteiger partial charge is 0.497 e. The first-order valence-corrected chi connectivity index (χ1v) is 8.01. The van der Waals surface area contributed by atoms with Gasteiger partial charge < -0.3 is 9.47 Å². The van der Waals surface area contributed by atoms with Crippen LogP contribution in [0.1, 0.15) is 23.0 Å². The van der Waals surface area contributed by atoms with Crippen LogP contribution in [-0.4, -0.2) is 30.9 Å². The number of carbonyl (C=O) groups excluding carboxylic acids is 1. The highest BCUT2D eigenvalue weighted by Gasteiger charge is 2.17. The summed E-state index contributed by atoms with van der Waals surface area (Å²) in [5.41, 5.74) is 3.94. The van der Waals surface area contributed by atoms with Crippen molar-refractivity contribution in [1.82, 2.24) is 4.98 Å². The molecule has 22 heavy (non-hydrogen) atoms. The lowest BCUT2D eigenvalue weighted by Gasteiger charge is -1.99. The molecule has 1 aromatic carbocycles. The number of aromatic nitrogens is 1. The average molecular weight is 384 g/mol. The van der Waals surface area contributed by atoms with Gasteiger partial charge in [0.15, 0.2) is 5.69 Å². The van der Waals surface area contributed by atoms with E-state index in [-0.39, 0.29) is 5.69 Å². The van der Waals surface area contributed by atoms with Crippen LogP contribution in [0, 0.1) is 0 Å². The number of hydrogen-bond acceptors (Lipinski definition) is 7. The fourth-order valence-electron chi connectivity index (χ4n) is 1.53. The zero-order valence-electron chi connectivity index (χ0n) is 12.0. The lowest BCUT2D eigenvalue weighted by Crippen LogP contribution is -2.05. The summed E-state index contributed by atoms with van der Waals surface area (Å²) in [4.78, 5) is 15.8. The summed E-state index contributed by atoms with van der Waals surface area (Å²) in [6.45, 7) is 2.05. The summed E-state index contributed by atoms with van der Waals surface area (Å²) in [5, 5.41) is 4.59. The third kappa shape index (κ3) is 4.28. The van der Waals surface area contributed by atoms with Gasteiger partial charge in [0.1, 0.15) is 9.54 Å². The highest BCUT2D eigenvalue weighted by Crippen LogP contribution is 2.29. The van der Waals surface area contributed by atoms with Crippen LogP contribution >= 0.6 is 27.3 Å². The molecule has 0 radical (unpaired) electrons. The molecule has 8 heteroatoms. The summed E-state index contributed by atoms with van der Waals surface area (Å²) >= 11 is 4.56. The molecular formula is C14H14BrN3O3S. The third-order valence-corrected chi connectivity index (χ3v) is 4.15. The van der Waals surface area contributed by atoms with Gasteiger partial charge in [-0.1, -0.05) is 11.3 Å². The van der Waals surface area contributed by atoms with Crippen molar-refractivity contribution in [2.24, 2.45) is 5.10 Å². The Hall–Kier alpha value is -1.93. The van der Waals surface area contributed by atoms with E-state index in [2.05, 4.69) is 31.4 Å². The number of halogens is 1. The molecule has 0 saturated carbocycles. The van der Waals surface area contributed by atoms with Gasteiger partial charge in [-0.05, 0) is 52.7 Å². The van der Waals surface area contributed by atoms with Gasteiger partial charge in [-0.2, -0.15) is 5.10 Å². The second-order valence-electron chi connectivity index (χ2n) is 4.00. The van der Waals surface area contributed by atoms with Crippen LogP contribution in [-0.2, 0) is 4.74 Å². The number of esters is 1. The second kappa shape index (κ2) is 7.90. The van der Waals surface area contributed by atoms with E-state index in [4.69, 9.17) is 9.47 Å². The molecule has 0 amide bonds. The summed E-state index contributed by atoms with van der Waals surface area (Å²) in [6, 6.07) is 7.46.